The van der Waals surface area contributed by atoms with E-state index in [9.17, 15) is 47.9 Å². The highest BCUT2D eigenvalue weighted by Crippen LogP contribution is 2.22. The predicted octanol–water partition coefficient (Wildman–Crippen LogP) is 3.38. The molecule has 1 aromatic heterocycles. The van der Waals surface area contributed by atoms with Crippen molar-refractivity contribution >= 4 is 59.1 Å². The van der Waals surface area contributed by atoms with Crippen LogP contribution < -0.4 is 42.5 Å². The summed E-state index contributed by atoms with van der Waals surface area (Å²) in [5.41, 5.74) is -4.57. The number of piperazine rings is 1. The van der Waals surface area contributed by atoms with E-state index in [1.54, 1.807) is 11.8 Å². The van der Waals surface area contributed by atoms with E-state index in [1.165, 1.54) is 52.7 Å². The molecule has 2 aliphatic heterocycles. The second-order valence-corrected chi connectivity index (χ2v) is 25.1. The monoisotopic (exact) mass is 1140 g/mol. The Bertz CT molecular complexity index is 2310. The van der Waals surface area contributed by atoms with E-state index in [1.807, 2.05) is 48.6 Å². The lowest BCUT2D eigenvalue weighted by atomic mass is 9.96. The molecule has 0 bridgehead atoms. The van der Waals surface area contributed by atoms with Gasteiger partial charge in [0, 0.05) is 52.6 Å². The Morgan fingerprint density at radius 1 is 0.605 bits per heavy atom. The molecule has 23 nitrogen and oxygen atoms in total. The zero-order chi connectivity index (χ0) is 61.0. The van der Waals surface area contributed by atoms with Gasteiger partial charge in [0.25, 0.3) is 5.91 Å². The lowest BCUT2D eigenvalue weighted by molar-refractivity contribution is -0.139. The summed E-state index contributed by atoms with van der Waals surface area (Å²) in [6.07, 6.45) is 8.66. The fraction of sp³-hybridized carbons (Fsp3) is 0.776. The highest BCUT2D eigenvalue weighted by atomic mass is 16.3. The van der Waals surface area contributed by atoms with E-state index >= 15 is 0 Å². The molecule has 0 saturated carbocycles. The van der Waals surface area contributed by atoms with E-state index in [0.717, 1.165) is 45.2 Å². The predicted molar refractivity (Wildman–Crippen MR) is 308 cm³/mol. The molecular weight excluding hydrogens is 1040 g/mol. The van der Waals surface area contributed by atoms with E-state index in [-0.39, 0.29) is 68.0 Å². The lowest BCUT2D eigenvalue weighted by Gasteiger charge is -2.34. The minimum atomic E-state index is -1.64. The van der Waals surface area contributed by atoms with Crippen molar-refractivity contribution < 1.29 is 52.4 Å². The number of hydrogen-bond donors (Lipinski definition) is 8. The number of nitrogens with one attached hydrogen (secondary N) is 8. The number of nitrogens with zero attached hydrogens (tertiary/aromatic N) is 4. The van der Waals surface area contributed by atoms with Crippen LogP contribution in [0.3, 0.4) is 0 Å². The van der Waals surface area contributed by atoms with Crippen molar-refractivity contribution in [3.05, 3.63) is 17.8 Å². The minimum Gasteiger partial charge on any atom is -0.448 e. The van der Waals surface area contributed by atoms with Gasteiger partial charge in [-0.25, -0.2) is 4.98 Å². The van der Waals surface area contributed by atoms with Gasteiger partial charge in [0.1, 0.15) is 53.1 Å². The third-order valence-corrected chi connectivity index (χ3v) is 14.6. The summed E-state index contributed by atoms with van der Waals surface area (Å²) >= 11 is 0. The van der Waals surface area contributed by atoms with Crippen molar-refractivity contribution in [1.82, 2.24) is 62.2 Å². The SMILES string of the molecule is CCCCCCCC[C@H](NC(=O)[C@@H]1CCCN1C(=O)c1coc(C)n1)C(=O)N[C@@H](CC(C)C)C(=O)NC(C)(C)C(=O)N[C@@H](CC(C)C)C(=O)N[C@@H](CC(C)C)C(=O)NC(C)(C)C(=O)NC(C)(C)C(=O)NCCC(=O)N1CCN(C)CC1. The van der Waals surface area contributed by atoms with Gasteiger partial charge in [-0.1, -0.05) is 87.0 Å². The average molecular weight is 1140 g/mol. The van der Waals surface area contributed by atoms with Crippen LogP contribution in [0.2, 0.25) is 0 Å². The fourth-order valence-electron chi connectivity index (χ4n) is 9.67. The maximum Gasteiger partial charge on any atom is 0.276 e. The Kier molecular flexibility index (Phi) is 27.2. The maximum absolute atomic E-state index is 14.3. The number of rotatable bonds is 32. The second-order valence-electron chi connectivity index (χ2n) is 25.1. The number of hydrogen-bond acceptors (Lipinski definition) is 13. The molecule has 0 spiro atoms. The zero-order valence-electron chi connectivity index (χ0n) is 51.4. The van der Waals surface area contributed by atoms with Gasteiger partial charge in [0.15, 0.2) is 11.6 Å². The Morgan fingerprint density at radius 2 is 1.10 bits per heavy atom. The van der Waals surface area contributed by atoms with Gasteiger partial charge in [0.05, 0.1) is 0 Å². The molecule has 1 aromatic rings. The molecule has 3 rings (SSSR count). The van der Waals surface area contributed by atoms with Crippen LogP contribution in [0.5, 0.6) is 0 Å². The molecule has 3 heterocycles. The van der Waals surface area contributed by atoms with Crippen molar-refractivity contribution in [1.29, 1.82) is 0 Å². The van der Waals surface area contributed by atoms with Crippen molar-refractivity contribution in [2.45, 2.75) is 227 Å². The normalized spacial score (nSPS) is 16.7. The van der Waals surface area contributed by atoms with E-state index in [2.05, 4.69) is 59.3 Å². The first-order valence-corrected chi connectivity index (χ1v) is 29.4. The maximum atomic E-state index is 14.3. The molecule has 10 amide bonds. The van der Waals surface area contributed by atoms with Gasteiger partial charge in [-0.2, -0.15) is 0 Å². The Balaban J connectivity index is 1.72. The minimum absolute atomic E-state index is 0.0730. The fourth-order valence-corrected chi connectivity index (χ4v) is 9.67. The highest BCUT2D eigenvalue weighted by Gasteiger charge is 2.42. The first kappa shape index (κ1) is 69.1. The van der Waals surface area contributed by atoms with Crippen LogP contribution in [0.15, 0.2) is 10.7 Å². The van der Waals surface area contributed by atoms with Gasteiger partial charge in [-0.05, 0) is 105 Å². The summed E-state index contributed by atoms with van der Waals surface area (Å²) in [5, 5.41) is 22.3. The number of aromatic nitrogens is 1. The Morgan fingerprint density at radius 3 is 1.62 bits per heavy atom. The highest BCUT2D eigenvalue weighted by molar-refractivity contribution is 6.00. The molecule has 2 fully saturated rings. The van der Waals surface area contributed by atoms with Crippen LogP contribution in [-0.4, -0.2) is 172 Å². The number of likely N-dealkylation sites (tertiary alicyclic amines) is 1. The molecule has 0 radical (unpaired) electrons. The van der Waals surface area contributed by atoms with Crippen LogP contribution in [0.25, 0.3) is 0 Å². The molecule has 8 N–H and O–H groups in total. The summed E-state index contributed by atoms with van der Waals surface area (Å²) in [6, 6.07) is -5.36. The van der Waals surface area contributed by atoms with E-state index in [0.29, 0.717) is 44.8 Å². The van der Waals surface area contributed by atoms with Gasteiger partial charge in [-0.15, -0.1) is 0 Å². The van der Waals surface area contributed by atoms with Gasteiger partial charge in [0.2, 0.25) is 53.2 Å². The number of amides is 10. The first-order valence-electron chi connectivity index (χ1n) is 29.4. The standard InChI is InChI=1S/C58H100N12O11/c1-16-17-18-19-20-21-23-40(61-51(76)45-24-22-27-70(45)52(77)44-35-81-39(8)60-44)47(72)62-42(33-37(4)5)49(74)65-57(11,12)54(79)64-41(32-36(2)3)48(73)63-43(34-38(6)7)50(75)66-58(13,14)55(80)67-56(9,10)53(78)59-26-25-46(71)69-30-28-68(15)29-31-69/h35-38,40-43,45H,16-34H2,1-15H3,(H,59,78)(H,61,76)(H,62,72)(H,63,73)(H,64,79)(H,65,74)(H,66,75)(H,67,80)/t40-,41-,42-,43-,45-/m0/s1. The number of unbranched alkanes of at least 4 members (excludes halogenated alkanes) is 5. The first-order chi connectivity index (χ1) is 37.8. The van der Waals surface area contributed by atoms with Crippen molar-refractivity contribution in [2.24, 2.45) is 17.8 Å². The summed E-state index contributed by atoms with van der Waals surface area (Å²) < 4.78 is 5.25. The molecule has 0 aliphatic carbocycles. The lowest BCUT2D eigenvalue weighted by Crippen LogP contribution is -2.65. The van der Waals surface area contributed by atoms with Crippen LogP contribution >= 0.6 is 0 Å². The third-order valence-electron chi connectivity index (χ3n) is 14.6. The van der Waals surface area contributed by atoms with Crippen LogP contribution in [-0.2, 0) is 43.2 Å². The van der Waals surface area contributed by atoms with Crippen LogP contribution in [0.1, 0.15) is 190 Å². The summed E-state index contributed by atoms with van der Waals surface area (Å²) in [7, 11) is 1.99. The van der Waals surface area contributed by atoms with E-state index < -0.39 is 100.0 Å². The molecule has 0 unspecified atom stereocenters. The van der Waals surface area contributed by atoms with Gasteiger partial charge < -0.3 is 61.7 Å². The largest absolute Gasteiger partial charge is 0.448 e. The van der Waals surface area contributed by atoms with Crippen molar-refractivity contribution in [3.63, 3.8) is 0 Å². The van der Waals surface area contributed by atoms with Crippen LogP contribution in [0, 0.1) is 24.7 Å². The second kappa shape index (κ2) is 31.9. The zero-order valence-corrected chi connectivity index (χ0v) is 51.4. The Hall–Kier alpha value is -6.13. The van der Waals surface area contributed by atoms with Crippen LogP contribution in [0.4, 0.5) is 0 Å². The van der Waals surface area contributed by atoms with Gasteiger partial charge >= 0.3 is 0 Å². The van der Waals surface area contributed by atoms with E-state index in [4.69, 9.17) is 4.42 Å². The topological polar surface area (TPSA) is 303 Å². The van der Waals surface area contributed by atoms with Crippen molar-refractivity contribution in [3.8, 4) is 0 Å². The molecule has 81 heavy (non-hydrogen) atoms. The number of aryl methyl sites for hydroxylation is 1. The smallest absolute Gasteiger partial charge is 0.276 e. The molecule has 2 aliphatic rings. The molecule has 458 valence electrons. The number of oxazole rings is 1. The molecule has 23 heteroatoms. The third kappa shape index (κ3) is 22.6. The molecule has 5 atom stereocenters. The Labute approximate surface area is 481 Å². The van der Waals surface area contributed by atoms with Crippen molar-refractivity contribution in [2.75, 3.05) is 46.3 Å². The molecule has 0 aromatic carbocycles. The number of likely N-dealkylation sites (N-methyl/N-ethyl adjacent to an activating group) is 1. The number of carbonyl (C=O) groups is 10. The van der Waals surface area contributed by atoms with Gasteiger partial charge in [-0.3, -0.25) is 47.9 Å². The summed E-state index contributed by atoms with van der Waals surface area (Å²) in [6.45, 7) is 27.0. The summed E-state index contributed by atoms with van der Waals surface area (Å²) in [5.74, 6) is -5.56. The molecular formula is C58H100N12O11. The average Bonchev–Trinajstić information content (AvgIpc) is 4.13. The quantitative estimate of drug-likeness (QED) is 0.0481. The summed E-state index contributed by atoms with van der Waals surface area (Å²) in [4.78, 5) is 148. The number of carbonyl (C=O) groups excluding carboxylic acids is 10. The molecule has 2 saturated heterocycles.